The molecule has 0 N–H and O–H groups in total. The number of carbonyl (C=O) groups is 1. The molecule has 0 unspecified atom stereocenters. The van der Waals surface area contributed by atoms with Crippen LogP contribution >= 0.6 is 0 Å². The van der Waals surface area contributed by atoms with Crippen LogP contribution in [0.15, 0.2) is 78.9 Å². The maximum atomic E-state index is 12.8. The molecule has 4 rings (SSSR count). The van der Waals surface area contributed by atoms with Crippen molar-refractivity contribution >= 4 is 11.6 Å². The van der Waals surface area contributed by atoms with Crippen molar-refractivity contribution in [1.82, 2.24) is 4.90 Å². The van der Waals surface area contributed by atoms with E-state index < -0.39 is 0 Å². The molecule has 0 aromatic heterocycles. The number of anilines is 1. The van der Waals surface area contributed by atoms with Crippen LogP contribution in [0.4, 0.5) is 5.69 Å². The van der Waals surface area contributed by atoms with Gasteiger partial charge in [0.15, 0.2) is 0 Å². The van der Waals surface area contributed by atoms with Crippen LogP contribution in [-0.2, 0) is 0 Å². The summed E-state index contributed by atoms with van der Waals surface area (Å²) in [4.78, 5) is 17.1. The summed E-state index contributed by atoms with van der Waals surface area (Å²) >= 11 is 0. The highest BCUT2D eigenvalue weighted by molar-refractivity contribution is 5.94. The second-order valence-electron chi connectivity index (χ2n) is 7.01. The molecule has 1 aliphatic heterocycles. The van der Waals surface area contributed by atoms with Gasteiger partial charge in [0.2, 0.25) is 0 Å². The maximum absolute atomic E-state index is 12.8. The van der Waals surface area contributed by atoms with E-state index in [0.717, 1.165) is 37.7 Å². The van der Waals surface area contributed by atoms with Gasteiger partial charge in [-0.25, -0.2) is 0 Å². The number of rotatable bonds is 4. The monoisotopic (exact) mass is 372 g/mol. The quantitative estimate of drug-likeness (QED) is 0.663. The number of ether oxygens (including phenoxy) is 1. The fourth-order valence-electron chi connectivity index (χ4n) is 3.54. The standard InChI is InChI=1S/C24H24N2O2/c1-19-7-5-6-10-23(19)25-15-17-26(18-16-25)24(27)20-11-13-22(14-12-20)28-21-8-3-2-4-9-21/h2-14H,15-18H2,1H3. The molecule has 0 aliphatic carbocycles. The zero-order valence-corrected chi connectivity index (χ0v) is 16.0. The smallest absolute Gasteiger partial charge is 0.253 e. The first-order valence-corrected chi connectivity index (χ1v) is 9.63. The third-order valence-electron chi connectivity index (χ3n) is 5.10. The third kappa shape index (κ3) is 4.01. The first-order chi connectivity index (χ1) is 13.7. The minimum atomic E-state index is 0.0793. The van der Waals surface area contributed by atoms with Gasteiger partial charge in [-0.2, -0.15) is 0 Å². The summed E-state index contributed by atoms with van der Waals surface area (Å²) in [5, 5.41) is 0. The number of piperazine rings is 1. The average molecular weight is 372 g/mol. The molecular weight excluding hydrogens is 348 g/mol. The summed E-state index contributed by atoms with van der Waals surface area (Å²) in [6, 6.07) is 25.4. The molecular formula is C24H24N2O2. The minimum Gasteiger partial charge on any atom is -0.457 e. The summed E-state index contributed by atoms with van der Waals surface area (Å²) in [7, 11) is 0. The number of hydrogen-bond donors (Lipinski definition) is 0. The lowest BCUT2D eigenvalue weighted by molar-refractivity contribution is 0.0747. The number of carbonyl (C=O) groups excluding carboxylic acids is 1. The first-order valence-electron chi connectivity index (χ1n) is 9.63. The Morgan fingerprint density at radius 2 is 1.36 bits per heavy atom. The highest BCUT2D eigenvalue weighted by Crippen LogP contribution is 2.23. The third-order valence-corrected chi connectivity index (χ3v) is 5.10. The van der Waals surface area contributed by atoms with Gasteiger partial charge in [-0.3, -0.25) is 4.79 Å². The van der Waals surface area contributed by atoms with Gasteiger partial charge in [0, 0.05) is 37.4 Å². The topological polar surface area (TPSA) is 32.8 Å². The molecule has 0 radical (unpaired) electrons. The number of para-hydroxylation sites is 2. The Morgan fingerprint density at radius 1 is 0.750 bits per heavy atom. The lowest BCUT2D eigenvalue weighted by Crippen LogP contribution is -2.49. The molecule has 1 heterocycles. The van der Waals surface area contributed by atoms with E-state index in [9.17, 15) is 4.79 Å². The van der Waals surface area contributed by atoms with Gasteiger partial charge < -0.3 is 14.5 Å². The second-order valence-corrected chi connectivity index (χ2v) is 7.01. The zero-order valence-electron chi connectivity index (χ0n) is 16.0. The predicted octanol–water partition coefficient (Wildman–Crippen LogP) is 4.75. The van der Waals surface area contributed by atoms with Crippen molar-refractivity contribution < 1.29 is 9.53 Å². The van der Waals surface area contributed by atoms with Crippen LogP contribution in [0.1, 0.15) is 15.9 Å². The first kappa shape index (κ1) is 18.1. The molecule has 0 bridgehead atoms. The van der Waals surface area contributed by atoms with E-state index >= 15 is 0 Å². The lowest BCUT2D eigenvalue weighted by Gasteiger charge is -2.36. The predicted molar refractivity (Wildman–Crippen MR) is 112 cm³/mol. The van der Waals surface area contributed by atoms with Gasteiger partial charge in [0.05, 0.1) is 0 Å². The van der Waals surface area contributed by atoms with E-state index in [2.05, 4.69) is 36.1 Å². The van der Waals surface area contributed by atoms with Gasteiger partial charge >= 0.3 is 0 Å². The summed E-state index contributed by atoms with van der Waals surface area (Å²) in [5.41, 5.74) is 3.23. The highest BCUT2D eigenvalue weighted by atomic mass is 16.5. The van der Waals surface area contributed by atoms with Crippen molar-refractivity contribution in [2.45, 2.75) is 6.92 Å². The molecule has 142 valence electrons. The molecule has 0 spiro atoms. The summed E-state index contributed by atoms with van der Waals surface area (Å²) in [6.07, 6.45) is 0. The Morgan fingerprint density at radius 3 is 2.04 bits per heavy atom. The van der Waals surface area contributed by atoms with Gasteiger partial charge in [-0.15, -0.1) is 0 Å². The van der Waals surface area contributed by atoms with Crippen LogP contribution < -0.4 is 9.64 Å². The molecule has 4 nitrogen and oxygen atoms in total. The molecule has 3 aromatic carbocycles. The second kappa shape index (κ2) is 8.17. The molecule has 1 saturated heterocycles. The van der Waals surface area contributed by atoms with Crippen molar-refractivity contribution in [2.75, 3.05) is 31.1 Å². The Labute approximate surface area is 166 Å². The summed E-state index contributed by atoms with van der Waals surface area (Å²) in [5.74, 6) is 1.59. The van der Waals surface area contributed by atoms with E-state index in [0.29, 0.717) is 5.56 Å². The average Bonchev–Trinajstić information content (AvgIpc) is 2.75. The fourth-order valence-corrected chi connectivity index (χ4v) is 3.54. The number of aryl methyl sites for hydroxylation is 1. The largest absolute Gasteiger partial charge is 0.457 e. The Kier molecular flexibility index (Phi) is 5.29. The molecule has 0 saturated carbocycles. The van der Waals surface area contributed by atoms with Crippen molar-refractivity contribution in [1.29, 1.82) is 0 Å². The maximum Gasteiger partial charge on any atom is 0.253 e. The molecule has 3 aromatic rings. The van der Waals surface area contributed by atoms with Crippen LogP contribution in [0.2, 0.25) is 0 Å². The van der Waals surface area contributed by atoms with E-state index in [1.54, 1.807) is 0 Å². The lowest BCUT2D eigenvalue weighted by atomic mass is 10.1. The molecule has 1 fully saturated rings. The van der Waals surface area contributed by atoms with Gasteiger partial charge in [-0.05, 0) is 55.0 Å². The number of amides is 1. The molecule has 4 heteroatoms. The van der Waals surface area contributed by atoms with E-state index in [4.69, 9.17) is 4.74 Å². The van der Waals surface area contributed by atoms with Crippen molar-refractivity contribution in [2.24, 2.45) is 0 Å². The van der Waals surface area contributed by atoms with Crippen LogP contribution in [0.3, 0.4) is 0 Å². The molecule has 1 aliphatic rings. The number of nitrogens with zero attached hydrogens (tertiary/aromatic N) is 2. The SMILES string of the molecule is Cc1ccccc1N1CCN(C(=O)c2ccc(Oc3ccccc3)cc2)CC1. The van der Waals surface area contributed by atoms with Gasteiger partial charge in [-0.1, -0.05) is 36.4 Å². The van der Waals surface area contributed by atoms with Gasteiger partial charge in [0.1, 0.15) is 11.5 Å². The summed E-state index contributed by atoms with van der Waals surface area (Å²) in [6.45, 7) is 5.30. The van der Waals surface area contributed by atoms with E-state index in [1.807, 2.05) is 59.5 Å². The van der Waals surface area contributed by atoms with Crippen LogP contribution in [0, 0.1) is 6.92 Å². The zero-order chi connectivity index (χ0) is 19.3. The Hall–Kier alpha value is -3.27. The molecule has 28 heavy (non-hydrogen) atoms. The summed E-state index contributed by atoms with van der Waals surface area (Å²) < 4.78 is 5.80. The van der Waals surface area contributed by atoms with Crippen molar-refractivity contribution in [3.8, 4) is 11.5 Å². The van der Waals surface area contributed by atoms with Gasteiger partial charge in [0.25, 0.3) is 5.91 Å². The fraction of sp³-hybridized carbons (Fsp3) is 0.208. The Bertz CT molecular complexity index is 930. The van der Waals surface area contributed by atoms with Crippen LogP contribution in [0.5, 0.6) is 11.5 Å². The van der Waals surface area contributed by atoms with Crippen molar-refractivity contribution in [3.63, 3.8) is 0 Å². The van der Waals surface area contributed by atoms with Crippen molar-refractivity contribution in [3.05, 3.63) is 90.0 Å². The molecule has 1 amide bonds. The number of hydrogen-bond acceptors (Lipinski definition) is 3. The Balaban J connectivity index is 1.37. The minimum absolute atomic E-state index is 0.0793. The van der Waals surface area contributed by atoms with E-state index in [1.165, 1.54) is 11.3 Å². The highest BCUT2D eigenvalue weighted by Gasteiger charge is 2.22. The molecule has 0 atom stereocenters. The van der Waals surface area contributed by atoms with Crippen LogP contribution in [-0.4, -0.2) is 37.0 Å². The van der Waals surface area contributed by atoms with E-state index in [-0.39, 0.29) is 5.91 Å². The normalized spacial score (nSPS) is 14.0. The number of benzene rings is 3. The van der Waals surface area contributed by atoms with Crippen LogP contribution in [0.25, 0.3) is 0 Å².